The van der Waals surface area contributed by atoms with E-state index in [1.54, 1.807) is 11.3 Å². The van der Waals surface area contributed by atoms with E-state index in [1.807, 2.05) is 78.9 Å². The highest BCUT2D eigenvalue weighted by Crippen LogP contribution is 2.39. The van der Waals surface area contributed by atoms with E-state index >= 15 is 0 Å². The van der Waals surface area contributed by atoms with Crippen LogP contribution in [0.3, 0.4) is 0 Å². The number of aromatic nitrogens is 4. The van der Waals surface area contributed by atoms with E-state index in [2.05, 4.69) is 66.7 Å². The number of hydrogen-bond acceptors (Lipinski definition) is 6. The van der Waals surface area contributed by atoms with Crippen LogP contribution in [0.5, 0.6) is 0 Å². The predicted octanol–water partition coefficient (Wildman–Crippen LogP) is 10.7. The summed E-state index contributed by atoms with van der Waals surface area (Å²) in [5, 5.41) is 3.01. The standard InChI is InChI=1S/C40H24N4OS/c1-3-11-25(12-4-1)37-42-38(26-13-5-2-6-14-26)44-39(43-37)31-17-10-19-33-36(31)30-22-21-28(24-34(30)45-33)27-15-9-16-29(23-27)40-41-32-18-7-8-20-35(32)46-40/h1-24H. The third-order valence-electron chi connectivity index (χ3n) is 8.17. The molecule has 0 aliphatic rings. The van der Waals surface area contributed by atoms with Crippen LogP contribution in [0.4, 0.5) is 0 Å². The fraction of sp³-hybridized carbons (Fsp3) is 0. The van der Waals surface area contributed by atoms with E-state index in [-0.39, 0.29) is 0 Å². The molecule has 0 spiro atoms. The highest BCUT2D eigenvalue weighted by atomic mass is 32.1. The molecule has 0 unspecified atom stereocenters. The molecule has 9 aromatic rings. The Morgan fingerprint density at radius 1 is 0.435 bits per heavy atom. The summed E-state index contributed by atoms with van der Waals surface area (Å²) >= 11 is 1.71. The van der Waals surface area contributed by atoms with Gasteiger partial charge in [-0.05, 0) is 47.5 Å². The molecule has 46 heavy (non-hydrogen) atoms. The van der Waals surface area contributed by atoms with Crippen molar-refractivity contribution >= 4 is 43.5 Å². The first kappa shape index (κ1) is 26.4. The molecule has 0 saturated heterocycles. The average Bonchev–Trinajstić information content (AvgIpc) is 3.74. The van der Waals surface area contributed by atoms with Crippen molar-refractivity contribution < 1.29 is 4.42 Å². The first-order valence-electron chi connectivity index (χ1n) is 15.1. The zero-order valence-corrected chi connectivity index (χ0v) is 25.3. The Morgan fingerprint density at radius 2 is 1.07 bits per heavy atom. The smallest absolute Gasteiger partial charge is 0.164 e. The minimum absolute atomic E-state index is 0.605. The van der Waals surface area contributed by atoms with Crippen LogP contribution in [-0.2, 0) is 0 Å². The minimum atomic E-state index is 0.605. The molecule has 216 valence electrons. The fourth-order valence-corrected chi connectivity index (χ4v) is 6.91. The Kier molecular flexibility index (Phi) is 6.25. The number of rotatable bonds is 5. The van der Waals surface area contributed by atoms with Gasteiger partial charge in [-0.3, -0.25) is 0 Å². The number of thiazole rings is 1. The molecule has 0 bridgehead atoms. The average molecular weight is 609 g/mol. The van der Waals surface area contributed by atoms with Gasteiger partial charge < -0.3 is 4.42 Å². The van der Waals surface area contributed by atoms with Crippen molar-refractivity contribution in [1.82, 2.24) is 19.9 Å². The number of nitrogens with zero attached hydrogens (tertiary/aromatic N) is 4. The summed E-state index contributed by atoms with van der Waals surface area (Å²) in [7, 11) is 0. The van der Waals surface area contributed by atoms with Crippen LogP contribution in [0.1, 0.15) is 0 Å². The number of para-hydroxylation sites is 1. The second-order valence-electron chi connectivity index (χ2n) is 11.1. The van der Waals surface area contributed by atoms with Gasteiger partial charge in [0.15, 0.2) is 17.5 Å². The van der Waals surface area contributed by atoms with Crippen molar-refractivity contribution in [3.8, 4) is 55.9 Å². The maximum Gasteiger partial charge on any atom is 0.164 e. The molecule has 6 heteroatoms. The Hall–Kier alpha value is -5.98. The van der Waals surface area contributed by atoms with Crippen molar-refractivity contribution in [1.29, 1.82) is 0 Å². The van der Waals surface area contributed by atoms with Crippen molar-refractivity contribution in [2.24, 2.45) is 0 Å². The maximum absolute atomic E-state index is 6.48. The molecule has 3 heterocycles. The van der Waals surface area contributed by atoms with Gasteiger partial charge in [0.25, 0.3) is 0 Å². The third-order valence-corrected chi connectivity index (χ3v) is 9.26. The molecule has 0 N–H and O–H groups in total. The number of fused-ring (bicyclic) bond motifs is 4. The van der Waals surface area contributed by atoms with Gasteiger partial charge in [0, 0.05) is 33.0 Å². The highest BCUT2D eigenvalue weighted by Gasteiger charge is 2.18. The highest BCUT2D eigenvalue weighted by molar-refractivity contribution is 7.21. The van der Waals surface area contributed by atoms with Crippen molar-refractivity contribution in [2.75, 3.05) is 0 Å². The van der Waals surface area contributed by atoms with Gasteiger partial charge in [-0.2, -0.15) is 0 Å². The zero-order chi connectivity index (χ0) is 30.5. The molecule has 3 aromatic heterocycles. The quantitative estimate of drug-likeness (QED) is 0.194. The molecule has 9 rings (SSSR count). The predicted molar refractivity (Wildman–Crippen MR) is 187 cm³/mol. The zero-order valence-electron chi connectivity index (χ0n) is 24.5. The first-order valence-corrected chi connectivity index (χ1v) is 15.9. The maximum atomic E-state index is 6.48. The van der Waals surface area contributed by atoms with Gasteiger partial charge in [0.1, 0.15) is 16.2 Å². The van der Waals surface area contributed by atoms with Crippen molar-refractivity contribution in [3.63, 3.8) is 0 Å². The molecule has 0 atom stereocenters. The second-order valence-corrected chi connectivity index (χ2v) is 12.1. The lowest BCUT2D eigenvalue weighted by Gasteiger charge is -2.09. The molecular formula is C40H24N4OS. The Morgan fingerprint density at radius 3 is 1.83 bits per heavy atom. The van der Waals surface area contributed by atoms with Gasteiger partial charge in [-0.1, -0.05) is 109 Å². The minimum Gasteiger partial charge on any atom is -0.456 e. The Balaban J connectivity index is 1.17. The third kappa shape index (κ3) is 4.64. The van der Waals surface area contributed by atoms with Crippen LogP contribution in [0.25, 0.3) is 88.0 Å². The monoisotopic (exact) mass is 608 g/mol. The fourth-order valence-electron chi connectivity index (χ4n) is 5.95. The lowest BCUT2D eigenvalue weighted by Crippen LogP contribution is -2.00. The molecule has 0 amide bonds. The second kappa shape index (κ2) is 10.9. The van der Waals surface area contributed by atoms with Crippen LogP contribution in [0.2, 0.25) is 0 Å². The van der Waals surface area contributed by atoms with Crippen LogP contribution >= 0.6 is 11.3 Å². The van der Waals surface area contributed by atoms with Crippen LogP contribution < -0.4 is 0 Å². The van der Waals surface area contributed by atoms with Crippen molar-refractivity contribution in [3.05, 3.63) is 146 Å². The normalized spacial score (nSPS) is 11.5. The van der Waals surface area contributed by atoms with Gasteiger partial charge in [-0.15, -0.1) is 11.3 Å². The Bertz CT molecular complexity index is 2450. The summed E-state index contributed by atoms with van der Waals surface area (Å²) < 4.78 is 7.67. The molecule has 0 saturated carbocycles. The van der Waals surface area contributed by atoms with Gasteiger partial charge >= 0.3 is 0 Å². The molecule has 0 aliphatic heterocycles. The van der Waals surface area contributed by atoms with Gasteiger partial charge in [0.2, 0.25) is 0 Å². The summed E-state index contributed by atoms with van der Waals surface area (Å²) in [4.78, 5) is 19.7. The topological polar surface area (TPSA) is 64.7 Å². The molecule has 0 aliphatic carbocycles. The summed E-state index contributed by atoms with van der Waals surface area (Å²) in [5.41, 5.74) is 8.68. The summed E-state index contributed by atoms with van der Waals surface area (Å²) in [6.45, 7) is 0. The number of benzene rings is 6. The number of furan rings is 1. The molecule has 6 aromatic carbocycles. The summed E-state index contributed by atoms with van der Waals surface area (Å²) in [5.74, 6) is 1.86. The lowest BCUT2D eigenvalue weighted by molar-refractivity contribution is 0.669. The van der Waals surface area contributed by atoms with E-state index < -0.39 is 0 Å². The van der Waals surface area contributed by atoms with E-state index in [1.165, 1.54) is 4.70 Å². The summed E-state index contributed by atoms with van der Waals surface area (Å²) in [6, 6.07) is 49.4. The van der Waals surface area contributed by atoms with E-state index in [0.29, 0.717) is 17.5 Å². The van der Waals surface area contributed by atoms with E-state index in [0.717, 1.165) is 65.8 Å². The van der Waals surface area contributed by atoms with Crippen LogP contribution in [0.15, 0.2) is 150 Å². The molecular weight excluding hydrogens is 585 g/mol. The lowest BCUT2D eigenvalue weighted by atomic mass is 10.00. The SMILES string of the molecule is c1ccc(-c2nc(-c3ccccc3)nc(-c3cccc4oc5cc(-c6cccc(-c7nc8ccccc8s7)c6)ccc5c34)n2)cc1. The van der Waals surface area contributed by atoms with Gasteiger partial charge in [-0.25, -0.2) is 19.9 Å². The van der Waals surface area contributed by atoms with E-state index in [4.69, 9.17) is 24.4 Å². The number of hydrogen-bond donors (Lipinski definition) is 0. The van der Waals surface area contributed by atoms with Gasteiger partial charge in [0.05, 0.1) is 10.2 Å². The largest absolute Gasteiger partial charge is 0.456 e. The van der Waals surface area contributed by atoms with Crippen molar-refractivity contribution in [2.45, 2.75) is 0 Å². The first-order chi connectivity index (χ1) is 22.8. The molecule has 0 fully saturated rings. The molecule has 0 radical (unpaired) electrons. The van der Waals surface area contributed by atoms with Crippen LogP contribution in [0, 0.1) is 0 Å². The van der Waals surface area contributed by atoms with Crippen LogP contribution in [-0.4, -0.2) is 19.9 Å². The summed E-state index contributed by atoms with van der Waals surface area (Å²) in [6.07, 6.45) is 0. The Labute approximate surface area is 268 Å². The van der Waals surface area contributed by atoms with E-state index in [9.17, 15) is 0 Å². The molecule has 5 nitrogen and oxygen atoms in total.